The number of nitrogens with zero attached hydrogens (tertiary/aromatic N) is 1. The van der Waals surface area contributed by atoms with Crippen molar-refractivity contribution < 1.29 is 19.1 Å². The molecule has 5 heteroatoms. The third-order valence-corrected chi connectivity index (χ3v) is 7.39. The Kier molecular flexibility index (Phi) is 3.09. The summed E-state index contributed by atoms with van der Waals surface area (Å²) in [5.74, 6) is -0.730. The van der Waals surface area contributed by atoms with Crippen molar-refractivity contribution in [2.24, 2.45) is 5.41 Å². The van der Waals surface area contributed by atoms with Crippen LogP contribution in [0.2, 0.25) is 0 Å². The van der Waals surface area contributed by atoms with E-state index < -0.39 is 11.5 Å². The van der Waals surface area contributed by atoms with Crippen molar-refractivity contribution in [1.29, 1.82) is 0 Å². The minimum absolute atomic E-state index is 0.117. The number of benzene rings is 1. The number of H-pyrrole nitrogens is 1. The van der Waals surface area contributed by atoms with Gasteiger partial charge in [0.15, 0.2) is 0 Å². The number of rotatable bonds is 3. The fourth-order valence-electron chi connectivity index (χ4n) is 6.34. The van der Waals surface area contributed by atoms with E-state index in [-0.39, 0.29) is 11.6 Å². The number of aliphatic carboxylic acids is 1. The lowest BCUT2D eigenvalue weighted by Gasteiger charge is -2.52. The highest BCUT2D eigenvalue weighted by Crippen LogP contribution is 2.63. The zero-order chi connectivity index (χ0) is 18.2. The first-order chi connectivity index (χ1) is 12.5. The molecule has 0 aliphatic carbocycles. The van der Waals surface area contributed by atoms with Gasteiger partial charge in [-0.3, -0.25) is 4.48 Å². The van der Waals surface area contributed by atoms with Gasteiger partial charge in [0.2, 0.25) is 11.8 Å². The fraction of sp³-hybridized carbons (Fsp3) is 0.476. The molecule has 5 rings (SSSR count). The molecular formula is C21H25N2O3+. The quantitative estimate of drug-likeness (QED) is 0.658. The number of aromatic amines is 1. The number of para-hydroxylation sites is 1. The van der Waals surface area contributed by atoms with Crippen LogP contribution < -0.4 is 0 Å². The molecule has 2 N–H and O–H groups in total. The van der Waals surface area contributed by atoms with Crippen LogP contribution in [-0.2, 0) is 21.5 Å². The van der Waals surface area contributed by atoms with Gasteiger partial charge in [-0.25, -0.2) is 4.79 Å². The second kappa shape index (κ2) is 4.99. The molecule has 1 aromatic heterocycles. The highest BCUT2D eigenvalue weighted by Gasteiger charge is 2.76. The van der Waals surface area contributed by atoms with Gasteiger partial charge < -0.3 is 14.8 Å². The normalized spacial score (nSPS) is 37.5. The number of carboxylic acids is 1. The number of carboxylic acid groups (broad SMARTS) is 1. The zero-order valence-electron chi connectivity index (χ0n) is 15.3. The Morgan fingerprint density at radius 1 is 1.42 bits per heavy atom. The smallest absolute Gasteiger partial charge is 0.372 e. The summed E-state index contributed by atoms with van der Waals surface area (Å²) < 4.78 is 6.52. The van der Waals surface area contributed by atoms with Gasteiger partial charge in [0.25, 0.3) is 0 Å². The Morgan fingerprint density at radius 2 is 2.23 bits per heavy atom. The lowest BCUT2D eigenvalue weighted by molar-refractivity contribution is -1.00. The number of nitrogens with one attached hydrogen (secondary N) is 1. The molecule has 3 aliphatic heterocycles. The number of ether oxygens (including phenoxy) is 1. The maximum Gasteiger partial charge on any atom is 0.372 e. The van der Waals surface area contributed by atoms with Gasteiger partial charge in [-0.2, -0.15) is 0 Å². The summed E-state index contributed by atoms with van der Waals surface area (Å²) in [5.41, 5.74) is 1.91. The van der Waals surface area contributed by atoms with Crippen LogP contribution in [0.15, 0.2) is 36.4 Å². The number of hydrogen-bond donors (Lipinski definition) is 2. The molecule has 1 saturated heterocycles. The Hall–Kier alpha value is -2.11. The largest absolute Gasteiger partial charge is 0.476 e. The zero-order valence-corrected chi connectivity index (χ0v) is 15.3. The SMILES string of the molecule is CC[C@]12C=CC[N@@+]3(CCc4c([nH]c5ccccc45)[C@@]3(C(=O)O)C1)C2OC. The van der Waals surface area contributed by atoms with Crippen molar-refractivity contribution in [2.75, 3.05) is 20.2 Å². The molecule has 26 heavy (non-hydrogen) atoms. The lowest BCUT2D eigenvalue weighted by Crippen LogP contribution is -2.70. The van der Waals surface area contributed by atoms with Crippen LogP contribution in [-0.4, -0.2) is 47.0 Å². The van der Waals surface area contributed by atoms with Gasteiger partial charge in [0.1, 0.15) is 6.54 Å². The van der Waals surface area contributed by atoms with E-state index in [0.717, 1.165) is 36.0 Å². The van der Waals surface area contributed by atoms with Crippen LogP contribution >= 0.6 is 0 Å². The van der Waals surface area contributed by atoms with Crippen LogP contribution in [0.25, 0.3) is 10.9 Å². The second-order valence-corrected chi connectivity index (χ2v) is 8.13. The van der Waals surface area contributed by atoms with Crippen LogP contribution in [0.3, 0.4) is 0 Å². The molecule has 1 aromatic carbocycles. The maximum absolute atomic E-state index is 12.9. The summed E-state index contributed by atoms with van der Waals surface area (Å²) in [6.45, 7) is 3.66. The third-order valence-electron chi connectivity index (χ3n) is 7.39. The topological polar surface area (TPSA) is 62.3 Å². The average Bonchev–Trinajstić information content (AvgIpc) is 3.09. The van der Waals surface area contributed by atoms with Gasteiger partial charge in [-0.15, -0.1) is 0 Å². The first kappa shape index (κ1) is 16.1. The molecule has 3 aliphatic rings. The number of carbonyl (C=O) groups is 1. The van der Waals surface area contributed by atoms with Crippen LogP contribution in [0.4, 0.5) is 0 Å². The predicted molar refractivity (Wildman–Crippen MR) is 98.6 cm³/mol. The van der Waals surface area contributed by atoms with Gasteiger partial charge in [0, 0.05) is 30.9 Å². The minimum atomic E-state index is -0.979. The number of methoxy groups -OCH3 is 1. The standard InChI is InChI=1S/C21H24N2O3/c1-3-20-10-6-11-23(18(20)26-2)12-9-15-14-7-4-5-8-16(14)22-17(15)21(23,13-20)19(24)25/h4-8,10,18,22H,3,9,11-13H2,1-2H3/p+1/t18?,20-,21+,23+/m0/s1. The summed E-state index contributed by atoms with van der Waals surface area (Å²) in [7, 11) is 1.74. The molecule has 4 heterocycles. The first-order valence-electron chi connectivity index (χ1n) is 9.45. The molecule has 1 unspecified atom stereocenters. The third kappa shape index (κ3) is 1.53. The van der Waals surface area contributed by atoms with Crippen LogP contribution in [0.5, 0.6) is 0 Å². The molecule has 136 valence electrons. The van der Waals surface area contributed by atoms with Crippen molar-refractivity contribution in [3.05, 3.63) is 47.7 Å². The number of aromatic nitrogens is 1. The van der Waals surface area contributed by atoms with Gasteiger partial charge in [-0.1, -0.05) is 31.2 Å². The average molecular weight is 353 g/mol. The highest BCUT2D eigenvalue weighted by atomic mass is 16.5. The molecule has 0 radical (unpaired) electrons. The van der Waals surface area contributed by atoms with Crippen LogP contribution in [0.1, 0.15) is 31.0 Å². The highest BCUT2D eigenvalue weighted by molar-refractivity contribution is 5.89. The van der Waals surface area contributed by atoms with Crippen molar-refractivity contribution in [3.63, 3.8) is 0 Å². The van der Waals surface area contributed by atoms with E-state index in [1.54, 1.807) is 7.11 Å². The van der Waals surface area contributed by atoms with E-state index in [1.807, 2.05) is 18.2 Å². The van der Waals surface area contributed by atoms with E-state index in [0.29, 0.717) is 17.4 Å². The van der Waals surface area contributed by atoms with Crippen molar-refractivity contribution >= 4 is 16.9 Å². The molecule has 0 amide bonds. The monoisotopic (exact) mass is 353 g/mol. The Balaban J connectivity index is 1.86. The van der Waals surface area contributed by atoms with E-state index in [2.05, 4.69) is 30.1 Å². The lowest BCUT2D eigenvalue weighted by atomic mass is 9.75. The number of hydrogen-bond acceptors (Lipinski definition) is 2. The van der Waals surface area contributed by atoms with Gasteiger partial charge in [-0.05, 0) is 24.1 Å². The van der Waals surface area contributed by atoms with E-state index in [4.69, 9.17) is 4.74 Å². The van der Waals surface area contributed by atoms with Gasteiger partial charge >= 0.3 is 5.97 Å². The minimum Gasteiger partial charge on any atom is -0.476 e. The predicted octanol–water partition coefficient (Wildman–Crippen LogP) is 3.16. The Labute approximate surface area is 152 Å². The maximum atomic E-state index is 12.9. The Bertz CT molecular complexity index is 948. The van der Waals surface area contributed by atoms with Crippen molar-refractivity contribution in [1.82, 2.24) is 4.98 Å². The molecule has 1 fully saturated rings. The molecule has 0 saturated carbocycles. The fourth-order valence-corrected chi connectivity index (χ4v) is 6.34. The van der Waals surface area contributed by atoms with E-state index in [1.165, 1.54) is 5.56 Å². The van der Waals surface area contributed by atoms with Crippen molar-refractivity contribution in [3.8, 4) is 0 Å². The Morgan fingerprint density at radius 3 is 2.96 bits per heavy atom. The number of fused-ring (bicyclic) bond motifs is 5. The molecular weight excluding hydrogens is 328 g/mol. The van der Waals surface area contributed by atoms with Crippen molar-refractivity contribution in [2.45, 2.75) is 38.0 Å². The summed E-state index contributed by atoms with van der Waals surface area (Å²) in [4.78, 5) is 16.5. The van der Waals surface area contributed by atoms with E-state index in [9.17, 15) is 9.90 Å². The number of quaternary nitrogens is 1. The summed E-state index contributed by atoms with van der Waals surface area (Å²) in [6, 6.07) is 8.19. The molecule has 2 bridgehead atoms. The first-order valence-corrected chi connectivity index (χ1v) is 9.45. The second-order valence-electron chi connectivity index (χ2n) is 8.13. The van der Waals surface area contributed by atoms with Gasteiger partial charge in [0.05, 0.1) is 17.7 Å². The summed E-state index contributed by atoms with van der Waals surface area (Å²) in [5, 5.41) is 11.8. The van der Waals surface area contributed by atoms with E-state index >= 15 is 0 Å². The molecule has 4 atom stereocenters. The molecule has 2 aromatic rings. The molecule has 1 spiro atoms. The van der Waals surface area contributed by atoms with Crippen LogP contribution in [0, 0.1) is 5.41 Å². The summed E-state index contributed by atoms with van der Waals surface area (Å²) >= 11 is 0. The molecule has 5 nitrogen and oxygen atoms in total. The summed E-state index contributed by atoms with van der Waals surface area (Å²) in [6.07, 6.45) is 6.65.